The number of rotatable bonds is 5. The predicted octanol–water partition coefficient (Wildman–Crippen LogP) is 3.97. The number of carbonyl (C=O) groups is 2. The first-order valence-corrected chi connectivity index (χ1v) is 8.60. The fourth-order valence-corrected chi connectivity index (χ4v) is 3.18. The number of amides is 2. The molecule has 7 heteroatoms. The van der Waals surface area contributed by atoms with Gasteiger partial charge in [0.05, 0.1) is 16.6 Å². The lowest BCUT2D eigenvalue weighted by molar-refractivity contribution is -0.116. The molecule has 25 heavy (non-hydrogen) atoms. The number of hydrogen-bond acceptors (Lipinski definition) is 4. The van der Waals surface area contributed by atoms with Crippen LogP contribution in [0.3, 0.4) is 0 Å². The van der Waals surface area contributed by atoms with Crippen LogP contribution < -0.4 is 10.6 Å². The Bertz CT molecular complexity index is 922. The first-order valence-electron chi connectivity index (χ1n) is 7.78. The second-order valence-electron chi connectivity index (χ2n) is 5.45. The van der Waals surface area contributed by atoms with E-state index in [4.69, 9.17) is 0 Å². The third-order valence-electron chi connectivity index (χ3n) is 3.52. The van der Waals surface area contributed by atoms with Gasteiger partial charge in [0, 0.05) is 12.1 Å². The Morgan fingerprint density at radius 3 is 2.56 bits per heavy atom. The second kappa shape index (κ2) is 7.40. The maximum Gasteiger partial charge on any atom is 0.228 e. The van der Waals surface area contributed by atoms with E-state index in [-0.39, 0.29) is 24.1 Å². The van der Waals surface area contributed by atoms with E-state index in [9.17, 15) is 14.0 Å². The summed E-state index contributed by atoms with van der Waals surface area (Å²) in [5.74, 6) is -0.604. The van der Waals surface area contributed by atoms with Crippen molar-refractivity contribution >= 4 is 44.2 Å². The first kappa shape index (κ1) is 17.0. The van der Waals surface area contributed by atoms with Crippen LogP contribution in [-0.4, -0.2) is 16.8 Å². The first-order chi connectivity index (χ1) is 12.0. The number of halogens is 1. The summed E-state index contributed by atoms with van der Waals surface area (Å²) in [5, 5.41) is 6.08. The van der Waals surface area contributed by atoms with Crippen molar-refractivity contribution in [1.29, 1.82) is 0 Å². The van der Waals surface area contributed by atoms with Gasteiger partial charge in [-0.15, -0.1) is 0 Å². The minimum atomic E-state index is -0.328. The maximum atomic E-state index is 12.9. The molecule has 0 fully saturated rings. The highest BCUT2D eigenvalue weighted by atomic mass is 32.1. The van der Waals surface area contributed by atoms with E-state index in [1.54, 1.807) is 31.2 Å². The summed E-state index contributed by atoms with van der Waals surface area (Å²) in [7, 11) is 0. The number of nitrogens with one attached hydrogen (secondary N) is 2. The van der Waals surface area contributed by atoms with E-state index in [1.807, 2.05) is 6.07 Å². The molecule has 5 nitrogen and oxygen atoms in total. The van der Waals surface area contributed by atoms with Gasteiger partial charge in [-0.05, 0) is 35.9 Å². The fraction of sp³-hybridized carbons (Fsp3) is 0.167. The van der Waals surface area contributed by atoms with Crippen LogP contribution in [0.15, 0.2) is 42.5 Å². The maximum absolute atomic E-state index is 12.9. The third-order valence-corrected chi connectivity index (χ3v) is 4.45. The molecule has 0 aliphatic rings. The molecule has 0 aliphatic carbocycles. The van der Waals surface area contributed by atoms with E-state index in [0.29, 0.717) is 17.2 Å². The minimum Gasteiger partial charge on any atom is -0.326 e. The molecule has 0 aliphatic heterocycles. The molecule has 2 amide bonds. The summed E-state index contributed by atoms with van der Waals surface area (Å²) in [6, 6.07) is 11.2. The van der Waals surface area contributed by atoms with Crippen LogP contribution >= 0.6 is 11.3 Å². The number of benzene rings is 2. The lowest BCUT2D eigenvalue weighted by Gasteiger charge is -2.05. The molecule has 0 bridgehead atoms. The summed E-state index contributed by atoms with van der Waals surface area (Å²) in [6.07, 6.45) is 0.555. The zero-order valence-corrected chi connectivity index (χ0v) is 14.3. The quantitative estimate of drug-likeness (QED) is 0.726. The average molecular weight is 357 g/mol. The van der Waals surface area contributed by atoms with Crippen molar-refractivity contribution in [3.8, 4) is 0 Å². The van der Waals surface area contributed by atoms with Crippen LogP contribution in [0.5, 0.6) is 0 Å². The number of carbonyl (C=O) groups excluding carboxylic acids is 2. The van der Waals surface area contributed by atoms with E-state index in [0.717, 1.165) is 15.8 Å². The van der Waals surface area contributed by atoms with Crippen molar-refractivity contribution < 1.29 is 14.0 Å². The van der Waals surface area contributed by atoms with Gasteiger partial charge >= 0.3 is 0 Å². The van der Waals surface area contributed by atoms with Gasteiger partial charge in [-0.1, -0.05) is 30.4 Å². The average Bonchev–Trinajstić information content (AvgIpc) is 2.98. The number of nitrogens with zero attached hydrogens (tertiary/aromatic N) is 1. The topological polar surface area (TPSA) is 71.1 Å². The van der Waals surface area contributed by atoms with E-state index in [2.05, 4.69) is 15.6 Å². The smallest absolute Gasteiger partial charge is 0.228 e. The summed E-state index contributed by atoms with van der Waals surface area (Å²) in [5.41, 5.74) is 2.15. The number of aromatic nitrogens is 1. The van der Waals surface area contributed by atoms with Crippen LogP contribution in [0.1, 0.15) is 18.9 Å². The van der Waals surface area contributed by atoms with Gasteiger partial charge in [0.15, 0.2) is 5.13 Å². The molecule has 0 atom stereocenters. The van der Waals surface area contributed by atoms with Crippen LogP contribution in [-0.2, 0) is 16.0 Å². The molecule has 2 N–H and O–H groups in total. The Hall–Kier alpha value is -2.80. The molecule has 1 aromatic heterocycles. The van der Waals surface area contributed by atoms with Gasteiger partial charge in [-0.25, -0.2) is 9.37 Å². The van der Waals surface area contributed by atoms with E-state index in [1.165, 1.54) is 23.5 Å². The van der Waals surface area contributed by atoms with Crippen molar-refractivity contribution in [3.05, 3.63) is 53.8 Å². The second-order valence-corrected chi connectivity index (χ2v) is 6.49. The number of fused-ring (bicyclic) bond motifs is 1. The van der Waals surface area contributed by atoms with Crippen LogP contribution in [0.4, 0.5) is 15.2 Å². The largest absolute Gasteiger partial charge is 0.326 e. The molecule has 3 aromatic rings. The van der Waals surface area contributed by atoms with Crippen molar-refractivity contribution in [3.63, 3.8) is 0 Å². The molecule has 128 valence electrons. The molecule has 1 heterocycles. The molecule has 0 radical (unpaired) electrons. The monoisotopic (exact) mass is 357 g/mol. The third kappa shape index (κ3) is 4.39. The Kier molecular flexibility index (Phi) is 5.04. The number of anilines is 2. The minimum absolute atomic E-state index is 0.0909. The van der Waals surface area contributed by atoms with Gasteiger partial charge in [-0.2, -0.15) is 0 Å². The molecule has 0 unspecified atom stereocenters. The van der Waals surface area contributed by atoms with Crippen molar-refractivity contribution in [2.45, 2.75) is 19.8 Å². The van der Waals surface area contributed by atoms with Crippen molar-refractivity contribution in [1.82, 2.24) is 4.98 Å². The Morgan fingerprint density at radius 1 is 1.08 bits per heavy atom. The molecule has 0 saturated heterocycles. The van der Waals surface area contributed by atoms with Crippen LogP contribution in [0, 0.1) is 5.82 Å². The van der Waals surface area contributed by atoms with Gasteiger partial charge in [-0.3, -0.25) is 9.59 Å². The SMILES string of the molecule is CCC(=O)Nc1nc2ccc(NC(=O)Cc3ccc(F)cc3)cc2s1. The molecule has 3 rings (SSSR count). The van der Waals surface area contributed by atoms with Crippen molar-refractivity contribution in [2.24, 2.45) is 0 Å². The molecule has 0 saturated carbocycles. The highest BCUT2D eigenvalue weighted by molar-refractivity contribution is 7.22. The zero-order valence-electron chi connectivity index (χ0n) is 13.5. The lowest BCUT2D eigenvalue weighted by Crippen LogP contribution is -2.14. The highest BCUT2D eigenvalue weighted by Crippen LogP contribution is 2.28. The molecule has 0 spiro atoms. The normalized spacial score (nSPS) is 10.6. The predicted molar refractivity (Wildman–Crippen MR) is 97.3 cm³/mol. The summed E-state index contributed by atoms with van der Waals surface area (Å²) < 4.78 is 13.8. The Labute approximate surface area is 147 Å². The van der Waals surface area contributed by atoms with E-state index < -0.39 is 0 Å². The molecule has 2 aromatic carbocycles. The molecular weight excluding hydrogens is 341 g/mol. The summed E-state index contributed by atoms with van der Waals surface area (Å²) in [4.78, 5) is 27.9. The number of hydrogen-bond donors (Lipinski definition) is 2. The van der Waals surface area contributed by atoms with E-state index >= 15 is 0 Å². The Morgan fingerprint density at radius 2 is 1.84 bits per heavy atom. The van der Waals surface area contributed by atoms with Crippen molar-refractivity contribution in [2.75, 3.05) is 10.6 Å². The Balaban J connectivity index is 1.69. The van der Waals surface area contributed by atoms with Gasteiger partial charge in [0.1, 0.15) is 5.82 Å². The van der Waals surface area contributed by atoms with Gasteiger partial charge < -0.3 is 10.6 Å². The molecular formula is C18H16FN3O2S. The standard InChI is InChI=1S/C18H16FN3O2S/c1-2-16(23)22-18-21-14-8-7-13(10-15(14)25-18)20-17(24)9-11-3-5-12(19)6-4-11/h3-8,10H,2,9H2,1H3,(H,20,24)(H,21,22,23). The zero-order chi connectivity index (χ0) is 17.8. The summed E-state index contributed by atoms with van der Waals surface area (Å²) in [6.45, 7) is 1.78. The lowest BCUT2D eigenvalue weighted by atomic mass is 10.1. The fourth-order valence-electron chi connectivity index (χ4n) is 2.26. The number of thiazole rings is 1. The highest BCUT2D eigenvalue weighted by Gasteiger charge is 2.09. The van der Waals surface area contributed by atoms with Crippen LogP contribution in [0.25, 0.3) is 10.2 Å². The van der Waals surface area contributed by atoms with Gasteiger partial charge in [0.2, 0.25) is 11.8 Å². The van der Waals surface area contributed by atoms with Gasteiger partial charge in [0.25, 0.3) is 0 Å². The van der Waals surface area contributed by atoms with Crippen LogP contribution in [0.2, 0.25) is 0 Å². The summed E-state index contributed by atoms with van der Waals surface area (Å²) >= 11 is 1.35.